The quantitative estimate of drug-likeness (QED) is 0.864. The maximum atomic E-state index is 12.8. The zero-order chi connectivity index (χ0) is 17.1. The van der Waals surface area contributed by atoms with E-state index in [9.17, 15) is 9.59 Å². The Bertz CT molecular complexity index is 634. The molecule has 0 unspecified atom stereocenters. The number of carbonyl (C=O) groups is 2. The lowest BCUT2D eigenvalue weighted by molar-refractivity contribution is 0.0698. The predicted octanol–water partition coefficient (Wildman–Crippen LogP) is 1.05. The molecule has 0 aromatic heterocycles. The van der Waals surface area contributed by atoms with Crippen LogP contribution >= 0.6 is 0 Å². The molecule has 0 saturated carbocycles. The molecule has 2 saturated heterocycles. The summed E-state index contributed by atoms with van der Waals surface area (Å²) >= 11 is 0. The summed E-state index contributed by atoms with van der Waals surface area (Å²) < 4.78 is 5.36. The molecular weight excluding hydrogens is 308 g/mol. The van der Waals surface area contributed by atoms with Crippen molar-refractivity contribution in [2.75, 3.05) is 45.2 Å². The largest absolute Gasteiger partial charge is 0.495 e. The number of likely N-dealkylation sites (tertiary alicyclic amines) is 1. The fourth-order valence-corrected chi connectivity index (χ4v) is 3.32. The van der Waals surface area contributed by atoms with E-state index in [0.717, 1.165) is 19.4 Å². The van der Waals surface area contributed by atoms with Crippen molar-refractivity contribution < 1.29 is 14.3 Å². The van der Waals surface area contributed by atoms with Gasteiger partial charge in [0, 0.05) is 37.8 Å². The number of rotatable bonds is 4. The zero-order valence-corrected chi connectivity index (χ0v) is 14.2. The second-order valence-electron chi connectivity index (χ2n) is 6.15. The fourth-order valence-electron chi connectivity index (χ4n) is 3.32. The summed E-state index contributed by atoms with van der Waals surface area (Å²) in [6.45, 7) is 2.64. The minimum atomic E-state index is -0.161. The molecule has 0 radical (unpaired) electrons. The van der Waals surface area contributed by atoms with Crippen molar-refractivity contribution in [1.82, 2.24) is 15.5 Å². The van der Waals surface area contributed by atoms with Crippen LogP contribution in [0.25, 0.3) is 0 Å². The number of urea groups is 1. The summed E-state index contributed by atoms with van der Waals surface area (Å²) in [7, 11) is 3.49. The first-order valence-electron chi connectivity index (χ1n) is 8.34. The SMILES string of the molecule is CN[C@@H]1CCCN(C(=O)c2ccc(OC)c(N3CCNC3=O)c2)C1. The topological polar surface area (TPSA) is 73.9 Å². The van der Waals surface area contributed by atoms with Crippen LogP contribution in [0.1, 0.15) is 23.2 Å². The summed E-state index contributed by atoms with van der Waals surface area (Å²) in [6.07, 6.45) is 2.08. The number of carbonyl (C=O) groups excluding carboxylic acids is 2. The van der Waals surface area contributed by atoms with Crippen LogP contribution in [0.2, 0.25) is 0 Å². The zero-order valence-electron chi connectivity index (χ0n) is 14.2. The predicted molar refractivity (Wildman–Crippen MR) is 91.7 cm³/mol. The Morgan fingerprint density at radius 3 is 2.88 bits per heavy atom. The third-order valence-electron chi connectivity index (χ3n) is 4.69. The van der Waals surface area contributed by atoms with Gasteiger partial charge in [0.15, 0.2) is 0 Å². The number of nitrogens with zero attached hydrogens (tertiary/aromatic N) is 2. The van der Waals surface area contributed by atoms with Gasteiger partial charge in [-0.25, -0.2) is 4.79 Å². The number of piperidine rings is 1. The number of hydrogen-bond acceptors (Lipinski definition) is 4. The van der Waals surface area contributed by atoms with Gasteiger partial charge in [0.25, 0.3) is 5.91 Å². The summed E-state index contributed by atoms with van der Waals surface area (Å²) in [5.41, 5.74) is 1.22. The average molecular weight is 332 g/mol. The monoisotopic (exact) mass is 332 g/mol. The van der Waals surface area contributed by atoms with Crippen molar-refractivity contribution in [3.05, 3.63) is 23.8 Å². The highest BCUT2D eigenvalue weighted by molar-refractivity contribution is 6.00. The standard InChI is InChI=1S/C17H24N4O3/c1-18-13-4-3-8-20(11-13)16(22)12-5-6-15(24-2)14(10-12)21-9-7-19-17(21)23/h5-6,10,13,18H,3-4,7-9,11H2,1-2H3,(H,19,23)/t13-/m1/s1. The lowest BCUT2D eigenvalue weighted by atomic mass is 10.0. The molecule has 2 heterocycles. The Balaban J connectivity index is 1.85. The van der Waals surface area contributed by atoms with Gasteiger partial charge in [0.2, 0.25) is 0 Å². The summed E-state index contributed by atoms with van der Waals surface area (Å²) in [4.78, 5) is 28.3. The van der Waals surface area contributed by atoms with Gasteiger partial charge in [-0.15, -0.1) is 0 Å². The Kier molecular flexibility index (Phi) is 4.89. The average Bonchev–Trinajstić information content (AvgIpc) is 3.06. The van der Waals surface area contributed by atoms with Gasteiger partial charge in [-0.05, 0) is 38.1 Å². The molecule has 2 N–H and O–H groups in total. The van der Waals surface area contributed by atoms with E-state index in [0.29, 0.717) is 42.7 Å². The number of ether oxygens (including phenoxy) is 1. The first-order valence-corrected chi connectivity index (χ1v) is 8.34. The van der Waals surface area contributed by atoms with Crippen LogP contribution in [0.3, 0.4) is 0 Å². The number of benzene rings is 1. The molecule has 7 nitrogen and oxygen atoms in total. The van der Waals surface area contributed by atoms with E-state index in [2.05, 4.69) is 10.6 Å². The van der Waals surface area contributed by atoms with Crippen molar-refractivity contribution in [2.45, 2.75) is 18.9 Å². The molecular formula is C17H24N4O3. The lowest BCUT2D eigenvalue weighted by Crippen LogP contribution is -2.47. The summed E-state index contributed by atoms with van der Waals surface area (Å²) in [5.74, 6) is 0.591. The fraction of sp³-hybridized carbons (Fsp3) is 0.529. The van der Waals surface area contributed by atoms with Gasteiger partial charge in [0.05, 0.1) is 12.8 Å². The maximum Gasteiger partial charge on any atom is 0.322 e. The summed E-state index contributed by atoms with van der Waals surface area (Å²) in [5, 5.41) is 6.02. The molecule has 0 bridgehead atoms. The van der Waals surface area contributed by atoms with Crippen molar-refractivity contribution >= 4 is 17.6 Å². The molecule has 24 heavy (non-hydrogen) atoms. The molecule has 2 fully saturated rings. The molecule has 1 aromatic rings. The number of methoxy groups -OCH3 is 1. The minimum Gasteiger partial charge on any atom is -0.495 e. The molecule has 2 aliphatic rings. The van der Waals surface area contributed by atoms with E-state index >= 15 is 0 Å². The van der Waals surface area contributed by atoms with Crippen LogP contribution < -0.4 is 20.3 Å². The molecule has 7 heteroatoms. The molecule has 3 rings (SSSR count). The van der Waals surface area contributed by atoms with E-state index in [1.807, 2.05) is 11.9 Å². The van der Waals surface area contributed by atoms with Crippen LogP contribution in [-0.4, -0.2) is 63.2 Å². The number of anilines is 1. The number of hydrogen-bond donors (Lipinski definition) is 2. The van der Waals surface area contributed by atoms with Gasteiger partial charge in [0.1, 0.15) is 5.75 Å². The summed E-state index contributed by atoms with van der Waals surface area (Å²) in [6, 6.07) is 5.46. The van der Waals surface area contributed by atoms with Crippen molar-refractivity contribution in [1.29, 1.82) is 0 Å². The minimum absolute atomic E-state index is 0.00143. The molecule has 1 atom stereocenters. The number of likely N-dealkylation sites (N-methyl/N-ethyl adjacent to an activating group) is 1. The molecule has 3 amide bonds. The highest BCUT2D eigenvalue weighted by Crippen LogP contribution is 2.31. The normalized spacial score (nSPS) is 20.9. The van der Waals surface area contributed by atoms with Crippen molar-refractivity contribution in [2.24, 2.45) is 0 Å². The Labute approximate surface area is 141 Å². The third-order valence-corrected chi connectivity index (χ3v) is 4.69. The van der Waals surface area contributed by atoms with Gasteiger partial charge in [-0.3, -0.25) is 9.69 Å². The van der Waals surface area contributed by atoms with E-state index in [1.54, 1.807) is 30.2 Å². The van der Waals surface area contributed by atoms with Crippen molar-refractivity contribution in [3.63, 3.8) is 0 Å². The van der Waals surface area contributed by atoms with E-state index in [-0.39, 0.29) is 11.9 Å². The van der Waals surface area contributed by atoms with Crippen LogP contribution in [0.4, 0.5) is 10.5 Å². The van der Waals surface area contributed by atoms with Gasteiger partial charge < -0.3 is 20.3 Å². The van der Waals surface area contributed by atoms with Crippen LogP contribution in [0.15, 0.2) is 18.2 Å². The lowest BCUT2D eigenvalue weighted by Gasteiger charge is -2.32. The Hall–Kier alpha value is -2.28. The van der Waals surface area contributed by atoms with Crippen molar-refractivity contribution in [3.8, 4) is 5.75 Å². The van der Waals surface area contributed by atoms with E-state index in [4.69, 9.17) is 4.74 Å². The first-order chi connectivity index (χ1) is 11.6. The Morgan fingerprint density at radius 2 is 2.21 bits per heavy atom. The van der Waals surface area contributed by atoms with Gasteiger partial charge in [-0.1, -0.05) is 0 Å². The Morgan fingerprint density at radius 1 is 1.38 bits per heavy atom. The van der Waals surface area contributed by atoms with Crippen LogP contribution in [0, 0.1) is 0 Å². The van der Waals surface area contributed by atoms with E-state index < -0.39 is 0 Å². The van der Waals surface area contributed by atoms with Gasteiger partial charge in [-0.2, -0.15) is 0 Å². The van der Waals surface area contributed by atoms with E-state index in [1.165, 1.54) is 0 Å². The highest BCUT2D eigenvalue weighted by atomic mass is 16.5. The molecule has 0 spiro atoms. The molecule has 130 valence electrons. The highest BCUT2D eigenvalue weighted by Gasteiger charge is 2.27. The van der Waals surface area contributed by atoms with Crippen LogP contribution in [0.5, 0.6) is 5.75 Å². The maximum absolute atomic E-state index is 12.8. The smallest absolute Gasteiger partial charge is 0.322 e. The number of amides is 3. The second kappa shape index (κ2) is 7.09. The first kappa shape index (κ1) is 16.6. The second-order valence-corrected chi connectivity index (χ2v) is 6.15. The molecule has 1 aromatic carbocycles. The van der Waals surface area contributed by atoms with Crippen LogP contribution in [-0.2, 0) is 0 Å². The van der Waals surface area contributed by atoms with Gasteiger partial charge >= 0.3 is 6.03 Å². The molecule has 2 aliphatic heterocycles. The number of nitrogens with one attached hydrogen (secondary N) is 2. The molecule has 0 aliphatic carbocycles. The third kappa shape index (κ3) is 3.17.